The lowest BCUT2D eigenvalue weighted by molar-refractivity contribution is -0.138. The van der Waals surface area contributed by atoms with Crippen LogP contribution in [-0.2, 0) is 26.0 Å². The maximum Gasteiger partial charge on any atom is 0.264 e. The van der Waals surface area contributed by atoms with Crippen LogP contribution < -0.4 is 9.62 Å². The zero-order valence-electron chi connectivity index (χ0n) is 20.3. The number of likely N-dealkylation sites (N-methyl/N-ethyl adjacent to an activating group) is 1. The summed E-state index contributed by atoms with van der Waals surface area (Å²) in [4.78, 5) is 27.9. The van der Waals surface area contributed by atoms with E-state index in [9.17, 15) is 18.0 Å². The number of rotatable bonds is 11. The van der Waals surface area contributed by atoms with E-state index >= 15 is 0 Å². The first-order valence-electron chi connectivity index (χ1n) is 11.7. The molecule has 0 fully saturated rings. The highest BCUT2D eigenvalue weighted by atomic mass is 79.9. The maximum absolute atomic E-state index is 13.7. The molecule has 1 atom stereocenters. The second-order valence-electron chi connectivity index (χ2n) is 8.19. The van der Waals surface area contributed by atoms with Gasteiger partial charge in [0, 0.05) is 17.6 Å². The smallest absolute Gasteiger partial charge is 0.264 e. The number of carbonyl (C=O) groups excluding carboxylic acids is 2. The van der Waals surface area contributed by atoms with E-state index in [0.717, 1.165) is 14.3 Å². The Morgan fingerprint density at radius 2 is 1.50 bits per heavy atom. The molecule has 3 aromatic carbocycles. The first-order valence-corrected chi connectivity index (χ1v) is 13.9. The van der Waals surface area contributed by atoms with Crippen molar-refractivity contribution in [1.29, 1.82) is 0 Å². The third-order valence-electron chi connectivity index (χ3n) is 5.73. The monoisotopic (exact) mass is 571 g/mol. The third-order valence-corrected chi connectivity index (χ3v) is 8.04. The molecule has 2 amide bonds. The Bertz CT molecular complexity index is 1250. The quantitative estimate of drug-likeness (QED) is 0.373. The average Bonchev–Trinajstić information content (AvgIpc) is 2.89. The van der Waals surface area contributed by atoms with Gasteiger partial charge in [-0.15, -0.1) is 0 Å². The van der Waals surface area contributed by atoms with Crippen LogP contribution in [0.3, 0.4) is 0 Å². The minimum atomic E-state index is -4.05. The van der Waals surface area contributed by atoms with Gasteiger partial charge < -0.3 is 10.2 Å². The van der Waals surface area contributed by atoms with Gasteiger partial charge in [-0.25, -0.2) is 8.42 Å². The molecule has 36 heavy (non-hydrogen) atoms. The van der Waals surface area contributed by atoms with Crippen LogP contribution in [0.4, 0.5) is 5.69 Å². The minimum Gasteiger partial charge on any atom is -0.355 e. The van der Waals surface area contributed by atoms with Crippen molar-refractivity contribution in [2.75, 3.05) is 23.9 Å². The number of nitrogens with zero attached hydrogens (tertiary/aromatic N) is 2. The Morgan fingerprint density at radius 3 is 2.08 bits per heavy atom. The Labute approximate surface area is 221 Å². The number of nitrogens with one attached hydrogen (secondary N) is 1. The lowest BCUT2D eigenvalue weighted by atomic mass is 10.1. The molecule has 0 heterocycles. The molecule has 0 aliphatic carbocycles. The first-order chi connectivity index (χ1) is 17.2. The Balaban J connectivity index is 1.95. The predicted molar refractivity (Wildman–Crippen MR) is 145 cm³/mol. The molecule has 0 aliphatic rings. The zero-order chi connectivity index (χ0) is 26.1. The van der Waals surface area contributed by atoms with Crippen molar-refractivity contribution in [3.05, 3.63) is 95.0 Å². The van der Waals surface area contributed by atoms with Gasteiger partial charge in [0.2, 0.25) is 11.8 Å². The first kappa shape index (κ1) is 27.4. The molecule has 0 aliphatic heterocycles. The Morgan fingerprint density at radius 1 is 0.917 bits per heavy atom. The van der Waals surface area contributed by atoms with E-state index in [-0.39, 0.29) is 17.3 Å². The molecule has 1 unspecified atom stereocenters. The van der Waals surface area contributed by atoms with Gasteiger partial charge in [0.1, 0.15) is 12.6 Å². The van der Waals surface area contributed by atoms with Gasteiger partial charge in [0.15, 0.2) is 0 Å². The number of sulfonamides is 1. The number of carbonyl (C=O) groups is 2. The maximum atomic E-state index is 13.7. The number of anilines is 1. The molecule has 190 valence electrons. The van der Waals surface area contributed by atoms with Crippen LogP contribution in [-0.4, -0.2) is 50.8 Å². The predicted octanol–water partition coefficient (Wildman–Crippen LogP) is 4.24. The van der Waals surface area contributed by atoms with Crippen molar-refractivity contribution in [2.24, 2.45) is 0 Å². The van der Waals surface area contributed by atoms with Crippen molar-refractivity contribution in [1.82, 2.24) is 10.2 Å². The average molecular weight is 573 g/mol. The van der Waals surface area contributed by atoms with Crippen LogP contribution in [0.15, 0.2) is 94.3 Å². The summed E-state index contributed by atoms with van der Waals surface area (Å²) in [6.07, 6.45) is 0.528. The van der Waals surface area contributed by atoms with Gasteiger partial charge in [-0.3, -0.25) is 13.9 Å². The van der Waals surface area contributed by atoms with E-state index in [0.29, 0.717) is 18.7 Å². The molecule has 7 nitrogen and oxygen atoms in total. The second kappa shape index (κ2) is 12.7. The third kappa shape index (κ3) is 6.95. The van der Waals surface area contributed by atoms with Crippen LogP contribution >= 0.6 is 15.9 Å². The number of hydrogen-bond acceptors (Lipinski definition) is 4. The van der Waals surface area contributed by atoms with Gasteiger partial charge in [0.25, 0.3) is 10.0 Å². The fourth-order valence-electron chi connectivity index (χ4n) is 3.75. The van der Waals surface area contributed by atoms with E-state index < -0.39 is 28.5 Å². The van der Waals surface area contributed by atoms with Gasteiger partial charge >= 0.3 is 0 Å². The van der Waals surface area contributed by atoms with Crippen molar-refractivity contribution in [3.8, 4) is 0 Å². The van der Waals surface area contributed by atoms with Gasteiger partial charge in [0.05, 0.1) is 10.6 Å². The summed E-state index contributed by atoms with van der Waals surface area (Å²) in [5, 5.41) is 2.76. The molecule has 3 rings (SSSR count). The molecule has 0 saturated heterocycles. The largest absolute Gasteiger partial charge is 0.355 e. The van der Waals surface area contributed by atoms with Gasteiger partial charge in [-0.2, -0.15) is 0 Å². The minimum absolute atomic E-state index is 0.0772. The van der Waals surface area contributed by atoms with Crippen LogP contribution in [0.25, 0.3) is 0 Å². The van der Waals surface area contributed by atoms with E-state index in [4.69, 9.17) is 0 Å². The topological polar surface area (TPSA) is 86.8 Å². The van der Waals surface area contributed by atoms with Crippen molar-refractivity contribution < 1.29 is 18.0 Å². The highest BCUT2D eigenvalue weighted by molar-refractivity contribution is 9.10. The fraction of sp³-hybridized carbons (Fsp3) is 0.259. The molecule has 0 bridgehead atoms. The van der Waals surface area contributed by atoms with E-state index in [1.807, 2.05) is 37.3 Å². The summed E-state index contributed by atoms with van der Waals surface area (Å²) in [6, 6.07) is 23.6. The van der Waals surface area contributed by atoms with Gasteiger partial charge in [-0.05, 0) is 62.2 Å². The fourth-order valence-corrected chi connectivity index (χ4v) is 5.45. The van der Waals surface area contributed by atoms with E-state index in [1.54, 1.807) is 49.4 Å². The molecule has 0 saturated carbocycles. The number of benzene rings is 3. The lowest BCUT2D eigenvalue weighted by Crippen LogP contribution is -2.52. The van der Waals surface area contributed by atoms with E-state index in [2.05, 4.69) is 21.2 Å². The number of halogens is 1. The van der Waals surface area contributed by atoms with Gasteiger partial charge in [-0.1, -0.05) is 64.5 Å². The van der Waals surface area contributed by atoms with Crippen molar-refractivity contribution in [2.45, 2.75) is 31.2 Å². The van der Waals surface area contributed by atoms with Crippen LogP contribution in [0.1, 0.15) is 19.4 Å². The summed E-state index contributed by atoms with van der Waals surface area (Å²) < 4.78 is 29.1. The molecule has 0 radical (unpaired) electrons. The zero-order valence-corrected chi connectivity index (χ0v) is 22.7. The molecule has 0 spiro atoms. The molecule has 0 aromatic heterocycles. The Kier molecular flexibility index (Phi) is 9.66. The number of amides is 2. The summed E-state index contributed by atoms with van der Waals surface area (Å²) in [6.45, 7) is 3.71. The van der Waals surface area contributed by atoms with Crippen molar-refractivity contribution >= 4 is 43.5 Å². The summed E-state index contributed by atoms with van der Waals surface area (Å²) >= 11 is 3.37. The summed E-state index contributed by atoms with van der Waals surface area (Å²) in [7, 11) is -4.05. The molecule has 3 aromatic rings. The highest BCUT2D eigenvalue weighted by Crippen LogP contribution is 2.25. The van der Waals surface area contributed by atoms with E-state index in [1.165, 1.54) is 17.0 Å². The lowest BCUT2D eigenvalue weighted by Gasteiger charge is -2.32. The van der Waals surface area contributed by atoms with Crippen LogP contribution in [0.5, 0.6) is 0 Å². The highest BCUT2D eigenvalue weighted by Gasteiger charge is 2.32. The molecular formula is C27H30BrN3O4S. The van der Waals surface area contributed by atoms with Crippen molar-refractivity contribution in [3.63, 3.8) is 0 Å². The number of hydrogen-bond donors (Lipinski definition) is 1. The second-order valence-corrected chi connectivity index (χ2v) is 11.0. The SMILES string of the molecule is CCNC(=O)C(C)N(CCc1ccccc1)C(=O)CN(c1ccc(Br)cc1)S(=O)(=O)c1ccccc1. The standard InChI is InChI=1S/C27H30BrN3O4S/c1-3-29-27(33)21(2)30(19-18-22-10-6-4-7-11-22)26(32)20-31(24-16-14-23(28)15-17-24)36(34,35)25-12-8-5-9-13-25/h4-17,21H,3,18-20H2,1-2H3,(H,29,33). The van der Waals surface area contributed by atoms with Crippen LogP contribution in [0, 0.1) is 0 Å². The summed E-state index contributed by atoms with van der Waals surface area (Å²) in [5.74, 6) is -0.757. The molecular weight excluding hydrogens is 542 g/mol. The molecule has 9 heteroatoms. The molecule has 1 N–H and O–H groups in total. The Hall–Kier alpha value is -3.17. The van der Waals surface area contributed by atoms with Crippen LogP contribution in [0.2, 0.25) is 0 Å². The summed E-state index contributed by atoms with van der Waals surface area (Å²) in [5.41, 5.74) is 1.36. The normalized spacial score (nSPS) is 12.0.